The molecule has 2 heterocycles. The quantitative estimate of drug-likeness (QED) is 0.656. The van der Waals surface area contributed by atoms with Crippen molar-refractivity contribution in [1.29, 1.82) is 0 Å². The zero-order chi connectivity index (χ0) is 17.9. The van der Waals surface area contributed by atoms with E-state index < -0.39 is 0 Å². The second-order valence-electron chi connectivity index (χ2n) is 6.39. The van der Waals surface area contributed by atoms with Gasteiger partial charge < -0.3 is 14.4 Å². The summed E-state index contributed by atoms with van der Waals surface area (Å²) >= 11 is 5.08. The van der Waals surface area contributed by atoms with Crippen LogP contribution in [0.1, 0.15) is 24.4 Å². The maximum atomic E-state index is 12.8. The van der Waals surface area contributed by atoms with Gasteiger partial charge in [-0.25, -0.2) is 0 Å². The molecule has 2 aromatic rings. The maximum Gasteiger partial charge on any atom is 0.233 e. The Morgan fingerprint density at radius 1 is 1.15 bits per heavy atom. The molecular formula is C20H20BrNO3S. The number of amides is 1. The van der Waals surface area contributed by atoms with E-state index in [9.17, 15) is 4.79 Å². The second kappa shape index (κ2) is 7.92. The van der Waals surface area contributed by atoms with Crippen molar-refractivity contribution in [2.75, 3.05) is 25.5 Å². The zero-order valence-corrected chi connectivity index (χ0v) is 16.7. The average molecular weight is 434 g/mol. The lowest BCUT2D eigenvalue weighted by Gasteiger charge is -2.25. The topological polar surface area (TPSA) is 38.8 Å². The van der Waals surface area contributed by atoms with Crippen molar-refractivity contribution in [2.24, 2.45) is 0 Å². The summed E-state index contributed by atoms with van der Waals surface area (Å²) in [4.78, 5) is 15.9. The van der Waals surface area contributed by atoms with Gasteiger partial charge in [-0.05, 0) is 48.7 Å². The van der Waals surface area contributed by atoms with Gasteiger partial charge in [0.05, 0.1) is 11.8 Å². The highest BCUT2D eigenvalue weighted by molar-refractivity contribution is 9.10. The summed E-state index contributed by atoms with van der Waals surface area (Å²) in [6.07, 6.45) is 2.08. The number of carbonyl (C=O) groups is 1. The van der Waals surface area contributed by atoms with Gasteiger partial charge >= 0.3 is 0 Å². The summed E-state index contributed by atoms with van der Waals surface area (Å²) in [6.45, 7) is 1.99. The molecule has 1 amide bonds. The zero-order valence-electron chi connectivity index (χ0n) is 14.3. The largest absolute Gasteiger partial charge is 0.486 e. The lowest BCUT2D eigenvalue weighted by Crippen LogP contribution is -2.31. The number of benzene rings is 2. The first kappa shape index (κ1) is 17.7. The van der Waals surface area contributed by atoms with Crippen LogP contribution in [0.5, 0.6) is 11.5 Å². The summed E-state index contributed by atoms with van der Waals surface area (Å²) in [5.74, 6) is 2.17. The van der Waals surface area contributed by atoms with Crippen molar-refractivity contribution < 1.29 is 14.3 Å². The predicted molar refractivity (Wildman–Crippen MR) is 106 cm³/mol. The standard InChI is InChI=1S/C20H20BrNO3S/c21-15-4-1-3-14(11-15)17-5-2-8-22(17)20(23)13-26-16-6-7-18-19(12-16)25-10-9-24-18/h1,3-4,6-7,11-12,17H,2,5,8-10,13H2. The molecule has 0 N–H and O–H groups in total. The fraction of sp³-hybridized carbons (Fsp3) is 0.350. The number of hydrogen-bond donors (Lipinski definition) is 0. The first-order chi connectivity index (χ1) is 12.7. The Hall–Kier alpha value is -1.66. The Bertz CT molecular complexity index is 813. The van der Waals surface area contributed by atoms with Gasteiger partial charge in [0.1, 0.15) is 13.2 Å². The molecular weight excluding hydrogens is 414 g/mol. The minimum absolute atomic E-state index is 0.181. The lowest BCUT2D eigenvalue weighted by atomic mass is 10.0. The Morgan fingerprint density at radius 2 is 2.00 bits per heavy atom. The van der Waals surface area contributed by atoms with Crippen molar-refractivity contribution in [3.63, 3.8) is 0 Å². The molecule has 136 valence electrons. The van der Waals surface area contributed by atoms with Gasteiger partial charge in [-0.1, -0.05) is 28.1 Å². The second-order valence-corrected chi connectivity index (χ2v) is 8.36. The number of likely N-dealkylation sites (tertiary alicyclic amines) is 1. The Balaban J connectivity index is 1.41. The van der Waals surface area contributed by atoms with E-state index in [0.717, 1.165) is 40.3 Å². The van der Waals surface area contributed by atoms with E-state index in [1.165, 1.54) is 5.56 Å². The van der Waals surface area contributed by atoms with Crippen molar-refractivity contribution in [1.82, 2.24) is 4.90 Å². The van der Waals surface area contributed by atoms with Crippen molar-refractivity contribution in [3.8, 4) is 11.5 Å². The van der Waals surface area contributed by atoms with Crippen LogP contribution in [0.3, 0.4) is 0 Å². The molecule has 4 rings (SSSR count). The fourth-order valence-electron chi connectivity index (χ4n) is 3.47. The van der Waals surface area contributed by atoms with Crippen LogP contribution in [0.4, 0.5) is 0 Å². The van der Waals surface area contributed by atoms with Gasteiger partial charge in [0, 0.05) is 15.9 Å². The number of fused-ring (bicyclic) bond motifs is 1. The number of hydrogen-bond acceptors (Lipinski definition) is 4. The van der Waals surface area contributed by atoms with E-state index in [4.69, 9.17) is 9.47 Å². The van der Waals surface area contributed by atoms with Crippen LogP contribution in [0.25, 0.3) is 0 Å². The van der Waals surface area contributed by atoms with E-state index in [0.29, 0.717) is 19.0 Å². The van der Waals surface area contributed by atoms with E-state index in [2.05, 4.69) is 28.1 Å². The Labute approximate surface area is 166 Å². The van der Waals surface area contributed by atoms with E-state index in [1.54, 1.807) is 11.8 Å². The molecule has 0 aromatic heterocycles. The SMILES string of the molecule is O=C(CSc1ccc2c(c1)OCCO2)N1CCCC1c1cccc(Br)c1. The smallest absolute Gasteiger partial charge is 0.233 e. The number of nitrogens with zero attached hydrogens (tertiary/aromatic N) is 1. The van der Waals surface area contributed by atoms with Crippen LogP contribution < -0.4 is 9.47 Å². The maximum absolute atomic E-state index is 12.8. The van der Waals surface area contributed by atoms with Crippen molar-refractivity contribution in [2.45, 2.75) is 23.8 Å². The first-order valence-electron chi connectivity index (χ1n) is 8.78. The van der Waals surface area contributed by atoms with Crippen molar-refractivity contribution in [3.05, 3.63) is 52.5 Å². The highest BCUT2D eigenvalue weighted by atomic mass is 79.9. The van der Waals surface area contributed by atoms with Gasteiger partial charge in [0.2, 0.25) is 5.91 Å². The number of rotatable bonds is 4. The molecule has 1 unspecified atom stereocenters. The lowest BCUT2D eigenvalue weighted by molar-refractivity contribution is -0.129. The summed E-state index contributed by atoms with van der Waals surface area (Å²) in [5, 5.41) is 0. The van der Waals surface area contributed by atoms with Crippen molar-refractivity contribution >= 4 is 33.6 Å². The van der Waals surface area contributed by atoms with Gasteiger partial charge in [0.25, 0.3) is 0 Å². The highest BCUT2D eigenvalue weighted by Gasteiger charge is 2.29. The molecule has 2 aromatic carbocycles. The van der Waals surface area contributed by atoms with Crippen LogP contribution in [0, 0.1) is 0 Å². The minimum atomic E-state index is 0.181. The Kier molecular flexibility index (Phi) is 5.41. The highest BCUT2D eigenvalue weighted by Crippen LogP contribution is 2.36. The minimum Gasteiger partial charge on any atom is -0.486 e. The van der Waals surface area contributed by atoms with Gasteiger partial charge in [-0.15, -0.1) is 11.8 Å². The molecule has 2 aliphatic rings. The van der Waals surface area contributed by atoms with Crippen LogP contribution in [0.15, 0.2) is 51.8 Å². The summed E-state index contributed by atoms with van der Waals surface area (Å²) in [7, 11) is 0. The normalized spacial score (nSPS) is 18.8. The number of carbonyl (C=O) groups excluding carboxylic acids is 1. The van der Waals surface area contributed by atoms with Gasteiger partial charge in [-0.3, -0.25) is 4.79 Å². The van der Waals surface area contributed by atoms with Gasteiger partial charge in [-0.2, -0.15) is 0 Å². The van der Waals surface area contributed by atoms with Gasteiger partial charge in [0.15, 0.2) is 11.5 Å². The molecule has 1 atom stereocenters. The molecule has 2 aliphatic heterocycles. The molecule has 6 heteroatoms. The number of ether oxygens (including phenoxy) is 2. The third kappa shape index (κ3) is 3.86. The molecule has 1 fully saturated rings. The third-order valence-electron chi connectivity index (χ3n) is 4.68. The molecule has 26 heavy (non-hydrogen) atoms. The average Bonchev–Trinajstić information content (AvgIpc) is 3.16. The summed E-state index contributed by atoms with van der Waals surface area (Å²) in [6, 6.07) is 14.3. The molecule has 0 saturated carbocycles. The van der Waals surface area contributed by atoms with E-state index >= 15 is 0 Å². The molecule has 4 nitrogen and oxygen atoms in total. The molecule has 0 radical (unpaired) electrons. The van der Waals surface area contributed by atoms with E-state index in [-0.39, 0.29) is 11.9 Å². The molecule has 0 aliphatic carbocycles. The number of thioether (sulfide) groups is 1. The van der Waals surface area contributed by atoms with Crippen LogP contribution in [-0.2, 0) is 4.79 Å². The van der Waals surface area contributed by atoms with Crippen LogP contribution in [-0.4, -0.2) is 36.3 Å². The van der Waals surface area contributed by atoms with E-state index in [1.807, 2.05) is 35.2 Å². The predicted octanol–water partition coefficient (Wildman–Crippen LogP) is 4.68. The van der Waals surface area contributed by atoms with Crippen LogP contribution in [0.2, 0.25) is 0 Å². The third-order valence-corrected chi connectivity index (χ3v) is 6.15. The Morgan fingerprint density at radius 3 is 2.85 bits per heavy atom. The summed E-state index contributed by atoms with van der Waals surface area (Å²) < 4.78 is 12.2. The first-order valence-corrected chi connectivity index (χ1v) is 10.6. The molecule has 0 bridgehead atoms. The fourth-order valence-corrected chi connectivity index (χ4v) is 4.69. The number of halogens is 1. The molecule has 0 spiro atoms. The summed E-state index contributed by atoms with van der Waals surface area (Å²) in [5.41, 5.74) is 1.20. The monoisotopic (exact) mass is 433 g/mol. The van der Waals surface area contributed by atoms with Crippen LogP contribution >= 0.6 is 27.7 Å². The molecule has 1 saturated heterocycles.